The van der Waals surface area contributed by atoms with Crippen LogP contribution >= 0.6 is 0 Å². The molecule has 4 N–H and O–H groups in total. The number of nitrogens with zero attached hydrogens (tertiary/aromatic N) is 1. The number of carbonyl (C=O) groups excluding carboxylic acids is 3. The first kappa shape index (κ1) is 32.4. The molecule has 0 heterocycles. The van der Waals surface area contributed by atoms with Crippen LogP contribution in [-0.2, 0) is 22.6 Å². The first-order chi connectivity index (χ1) is 19.6. The van der Waals surface area contributed by atoms with Gasteiger partial charge in [0, 0.05) is 44.1 Å². The van der Waals surface area contributed by atoms with Crippen molar-refractivity contribution in [3.8, 4) is 22.6 Å². The van der Waals surface area contributed by atoms with Gasteiger partial charge in [0.2, 0.25) is 0 Å². The number of likely N-dealkylation sites (N-methyl/N-ethyl adjacent to an activating group) is 1. The zero-order valence-electron chi connectivity index (χ0n) is 24.6. The summed E-state index contributed by atoms with van der Waals surface area (Å²) >= 11 is 0. The predicted octanol–water partition coefficient (Wildman–Crippen LogP) is 3.01. The summed E-state index contributed by atoms with van der Waals surface area (Å²) in [7, 11) is 5.65. The number of methoxy groups -OCH3 is 1. The highest BCUT2D eigenvalue weighted by molar-refractivity contribution is 6.03. The molecule has 9 nitrogen and oxygen atoms in total. The van der Waals surface area contributed by atoms with Crippen LogP contribution in [0, 0.1) is 17.8 Å². The number of ketones is 3. The fraction of sp³-hybridized carbons (Fsp3) is 0.531. The van der Waals surface area contributed by atoms with Gasteiger partial charge in [0.15, 0.2) is 5.78 Å². The maximum absolute atomic E-state index is 13.4. The SMILES string of the molecule is COc1ccc(CNCCN(C)C)cc1-c1ccc(O)c2c1CC(CC(CCO)C(CO)C(=O)CC(C)=O)CC2=O. The fourth-order valence-corrected chi connectivity index (χ4v) is 5.88. The Kier molecular flexibility index (Phi) is 12.0. The van der Waals surface area contributed by atoms with Gasteiger partial charge in [0.05, 0.1) is 25.7 Å². The molecular weight excluding hydrogens is 524 g/mol. The molecule has 0 radical (unpaired) electrons. The third-order valence-electron chi connectivity index (χ3n) is 7.89. The summed E-state index contributed by atoms with van der Waals surface area (Å²) in [4.78, 5) is 39.8. The van der Waals surface area contributed by atoms with Crippen LogP contribution < -0.4 is 10.1 Å². The van der Waals surface area contributed by atoms with Gasteiger partial charge in [-0.15, -0.1) is 0 Å². The number of hydrogen-bond donors (Lipinski definition) is 4. The van der Waals surface area contributed by atoms with E-state index in [9.17, 15) is 29.7 Å². The Balaban J connectivity index is 1.95. The number of nitrogens with one attached hydrogen (secondary N) is 1. The molecule has 41 heavy (non-hydrogen) atoms. The summed E-state index contributed by atoms with van der Waals surface area (Å²) in [5, 5.41) is 33.9. The Morgan fingerprint density at radius 1 is 1.12 bits per heavy atom. The van der Waals surface area contributed by atoms with E-state index in [1.54, 1.807) is 13.2 Å². The molecule has 2 aromatic rings. The molecule has 224 valence electrons. The summed E-state index contributed by atoms with van der Waals surface area (Å²) in [6, 6.07) is 9.30. The lowest BCUT2D eigenvalue weighted by Gasteiger charge is -2.32. The second kappa shape index (κ2) is 15.2. The Morgan fingerprint density at radius 3 is 2.51 bits per heavy atom. The largest absolute Gasteiger partial charge is 0.507 e. The summed E-state index contributed by atoms with van der Waals surface area (Å²) in [5.41, 5.74) is 3.70. The number of aliphatic hydroxyl groups is 2. The minimum Gasteiger partial charge on any atom is -0.507 e. The second-order valence-corrected chi connectivity index (χ2v) is 11.3. The number of benzene rings is 2. The van der Waals surface area contributed by atoms with Crippen LogP contribution in [-0.4, -0.2) is 85.1 Å². The summed E-state index contributed by atoms with van der Waals surface area (Å²) in [6.07, 6.45) is 1.08. The van der Waals surface area contributed by atoms with Crippen LogP contribution in [0.25, 0.3) is 11.1 Å². The number of rotatable bonds is 16. The number of phenols is 1. The zero-order chi connectivity index (χ0) is 30.1. The number of Topliss-reactive ketones (excluding diaryl/α,β-unsaturated/α-hetero) is 3. The summed E-state index contributed by atoms with van der Waals surface area (Å²) < 4.78 is 5.69. The van der Waals surface area contributed by atoms with Gasteiger partial charge in [-0.3, -0.25) is 14.4 Å². The number of hydrogen-bond acceptors (Lipinski definition) is 9. The fourth-order valence-electron chi connectivity index (χ4n) is 5.88. The number of aliphatic hydroxyl groups excluding tert-OH is 2. The number of fused-ring (bicyclic) bond motifs is 1. The minimum absolute atomic E-state index is 0.0653. The molecule has 0 spiro atoms. The molecule has 3 atom stereocenters. The third kappa shape index (κ3) is 8.45. The first-order valence-electron chi connectivity index (χ1n) is 14.2. The van der Waals surface area contributed by atoms with Crippen LogP contribution in [0.15, 0.2) is 30.3 Å². The van der Waals surface area contributed by atoms with E-state index in [1.165, 1.54) is 6.92 Å². The van der Waals surface area contributed by atoms with Gasteiger partial charge in [-0.25, -0.2) is 0 Å². The second-order valence-electron chi connectivity index (χ2n) is 11.3. The normalized spacial score (nSPS) is 16.4. The average Bonchev–Trinajstić information content (AvgIpc) is 2.91. The Morgan fingerprint density at radius 2 is 1.88 bits per heavy atom. The highest BCUT2D eigenvalue weighted by Gasteiger charge is 2.35. The van der Waals surface area contributed by atoms with Crippen molar-refractivity contribution in [3.63, 3.8) is 0 Å². The third-order valence-corrected chi connectivity index (χ3v) is 7.89. The van der Waals surface area contributed by atoms with E-state index in [4.69, 9.17) is 4.74 Å². The van der Waals surface area contributed by atoms with Crippen molar-refractivity contribution >= 4 is 17.3 Å². The minimum atomic E-state index is -0.789. The van der Waals surface area contributed by atoms with Crippen molar-refractivity contribution in [2.75, 3.05) is 47.5 Å². The van der Waals surface area contributed by atoms with E-state index in [-0.39, 0.29) is 60.8 Å². The van der Waals surface area contributed by atoms with E-state index >= 15 is 0 Å². The van der Waals surface area contributed by atoms with Crippen molar-refractivity contribution in [1.29, 1.82) is 0 Å². The number of ether oxygens (including phenoxy) is 1. The molecule has 0 saturated heterocycles. The van der Waals surface area contributed by atoms with E-state index < -0.39 is 12.5 Å². The van der Waals surface area contributed by atoms with Crippen LogP contribution in [0.1, 0.15) is 54.1 Å². The molecular formula is C32H44N2O7. The van der Waals surface area contributed by atoms with Gasteiger partial charge in [0.25, 0.3) is 0 Å². The monoisotopic (exact) mass is 568 g/mol. The molecule has 3 rings (SSSR count). The average molecular weight is 569 g/mol. The highest BCUT2D eigenvalue weighted by atomic mass is 16.5. The molecule has 0 aliphatic heterocycles. The molecule has 2 aromatic carbocycles. The maximum Gasteiger partial charge on any atom is 0.167 e. The molecule has 0 bridgehead atoms. The van der Waals surface area contributed by atoms with Crippen LogP contribution in [0.5, 0.6) is 11.5 Å². The lowest BCUT2D eigenvalue weighted by Crippen LogP contribution is -2.32. The van der Waals surface area contributed by atoms with Gasteiger partial charge in [-0.05, 0) is 87.0 Å². The Bertz CT molecular complexity index is 1230. The molecule has 3 unspecified atom stereocenters. The highest BCUT2D eigenvalue weighted by Crippen LogP contribution is 2.43. The Hall–Kier alpha value is -3.11. The molecule has 0 saturated carbocycles. The molecule has 1 aliphatic carbocycles. The van der Waals surface area contributed by atoms with Crippen molar-refractivity contribution in [1.82, 2.24) is 10.2 Å². The quantitative estimate of drug-likeness (QED) is 0.178. The summed E-state index contributed by atoms with van der Waals surface area (Å²) in [6.45, 7) is 3.13. The molecule has 0 aromatic heterocycles. The molecule has 1 aliphatic rings. The standard InChI is InChI=1S/C32H44N2O7/c1-20(37)13-29(39)27(19-36)23(9-12-35)14-22-16-26-24(6-7-28(38)32(26)30(40)17-22)25-15-21(5-8-31(25)41-4)18-33-10-11-34(2)3/h5-8,15,22-23,27,33,35-36,38H,9-14,16-19H2,1-4H3. The molecule has 9 heteroatoms. The Labute approximate surface area is 242 Å². The van der Waals surface area contributed by atoms with Gasteiger partial charge < -0.3 is 30.3 Å². The summed E-state index contributed by atoms with van der Waals surface area (Å²) in [5.74, 6) is -1.57. The lowest BCUT2D eigenvalue weighted by molar-refractivity contribution is -0.131. The number of phenolic OH excluding ortho intramolecular Hbond substituents is 1. The van der Waals surface area contributed by atoms with Crippen LogP contribution in [0.2, 0.25) is 0 Å². The van der Waals surface area contributed by atoms with Gasteiger partial charge in [0.1, 0.15) is 23.1 Å². The predicted molar refractivity (Wildman–Crippen MR) is 157 cm³/mol. The van der Waals surface area contributed by atoms with Gasteiger partial charge >= 0.3 is 0 Å². The smallest absolute Gasteiger partial charge is 0.167 e. The van der Waals surface area contributed by atoms with E-state index in [0.717, 1.165) is 35.3 Å². The van der Waals surface area contributed by atoms with Crippen molar-refractivity contribution in [2.45, 2.75) is 45.6 Å². The van der Waals surface area contributed by atoms with E-state index in [0.29, 0.717) is 30.7 Å². The van der Waals surface area contributed by atoms with E-state index in [2.05, 4.69) is 10.2 Å². The van der Waals surface area contributed by atoms with Crippen LogP contribution in [0.3, 0.4) is 0 Å². The topological polar surface area (TPSA) is 136 Å². The van der Waals surface area contributed by atoms with Crippen molar-refractivity contribution in [3.05, 3.63) is 47.0 Å². The van der Waals surface area contributed by atoms with Crippen molar-refractivity contribution < 1.29 is 34.4 Å². The molecule has 0 fully saturated rings. The number of aromatic hydroxyl groups is 1. The maximum atomic E-state index is 13.4. The number of carbonyl (C=O) groups is 3. The zero-order valence-corrected chi connectivity index (χ0v) is 24.6. The van der Waals surface area contributed by atoms with Crippen molar-refractivity contribution in [2.24, 2.45) is 17.8 Å². The van der Waals surface area contributed by atoms with E-state index in [1.807, 2.05) is 38.4 Å². The van der Waals surface area contributed by atoms with Gasteiger partial charge in [-0.1, -0.05) is 12.1 Å². The lowest BCUT2D eigenvalue weighted by atomic mass is 9.72. The van der Waals surface area contributed by atoms with Gasteiger partial charge in [-0.2, -0.15) is 0 Å². The first-order valence-corrected chi connectivity index (χ1v) is 14.2. The molecule has 0 amide bonds. The van der Waals surface area contributed by atoms with Crippen LogP contribution in [0.4, 0.5) is 0 Å².